The van der Waals surface area contributed by atoms with E-state index in [1.165, 1.54) is 0 Å². The van der Waals surface area contributed by atoms with Crippen LogP contribution in [0.4, 0.5) is 0 Å². The van der Waals surface area contributed by atoms with Crippen LogP contribution < -0.4 is 5.32 Å². The Morgan fingerprint density at radius 2 is 1.94 bits per heavy atom. The molecule has 4 rings (SSSR count). The molecule has 1 N–H and O–H groups in total. The second-order valence-corrected chi connectivity index (χ2v) is 9.00. The van der Waals surface area contributed by atoms with Gasteiger partial charge in [-0.25, -0.2) is 0 Å². The zero-order chi connectivity index (χ0) is 23.4. The largest absolute Gasteiger partial charge is 0.356 e. The predicted molar refractivity (Wildman–Crippen MR) is 126 cm³/mol. The van der Waals surface area contributed by atoms with E-state index in [1.54, 1.807) is 23.4 Å². The Balaban J connectivity index is 1.58. The third-order valence-corrected chi connectivity index (χ3v) is 6.27. The van der Waals surface area contributed by atoms with Crippen LogP contribution in [-0.4, -0.2) is 46.5 Å². The molecule has 3 aromatic rings. The zero-order valence-corrected chi connectivity index (χ0v) is 19.4. The third-order valence-electron chi connectivity index (χ3n) is 6.27. The number of hydrogen-bond donors (Lipinski definition) is 1. The Bertz CT molecular complexity index is 1130. The molecule has 33 heavy (non-hydrogen) atoms. The van der Waals surface area contributed by atoms with E-state index in [0.717, 1.165) is 22.4 Å². The number of benzene rings is 1. The van der Waals surface area contributed by atoms with Crippen molar-refractivity contribution in [2.24, 2.45) is 5.41 Å². The maximum atomic E-state index is 13.2. The molecule has 0 radical (unpaired) electrons. The van der Waals surface area contributed by atoms with Crippen LogP contribution in [0.2, 0.25) is 0 Å². The first-order valence-corrected chi connectivity index (χ1v) is 11.5. The summed E-state index contributed by atoms with van der Waals surface area (Å²) in [4.78, 5) is 32.1. The molecule has 1 fully saturated rings. The average molecular weight is 447 g/mol. The number of aromatic nitrogens is 2. The second kappa shape index (κ2) is 9.57. The van der Waals surface area contributed by atoms with Crippen molar-refractivity contribution in [2.75, 3.05) is 19.6 Å². The number of nitrogens with one attached hydrogen (secondary N) is 1. The van der Waals surface area contributed by atoms with E-state index in [9.17, 15) is 9.59 Å². The molecule has 2 amide bonds. The standard InChI is InChI=1S/C26H30N4O3/c1-4-28-25(32)26(16-19-6-5-7-21(14-19)20-8-11-27-12-9-20)10-13-30(17-26)24(31)23-15-22(18(2)3)29-33-23/h5-9,11-12,14-15,18H,4,10,13,16-17H2,1-3H3,(H,28,32)/t26-/m1/s1. The monoisotopic (exact) mass is 446 g/mol. The number of likely N-dealkylation sites (tertiary alicyclic amines) is 1. The highest BCUT2D eigenvalue weighted by Gasteiger charge is 2.46. The average Bonchev–Trinajstić information content (AvgIpc) is 3.48. The molecule has 2 aromatic heterocycles. The third kappa shape index (κ3) is 4.82. The van der Waals surface area contributed by atoms with Gasteiger partial charge in [-0.15, -0.1) is 0 Å². The SMILES string of the molecule is CCNC(=O)[C@@]1(Cc2cccc(-c3ccncc3)c2)CCN(C(=O)c2cc(C(C)C)no2)C1. The maximum absolute atomic E-state index is 13.2. The highest BCUT2D eigenvalue weighted by molar-refractivity contribution is 5.93. The molecule has 1 aliphatic heterocycles. The lowest BCUT2D eigenvalue weighted by atomic mass is 9.79. The molecule has 7 heteroatoms. The van der Waals surface area contributed by atoms with Crippen LogP contribution in [0.5, 0.6) is 0 Å². The van der Waals surface area contributed by atoms with Gasteiger partial charge in [0.1, 0.15) is 0 Å². The van der Waals surface area contributed by atoms with Crippen molar-refractivity contribution in [3.8, 4) is 11.1 Å². The smallest absolute Gasteiger partial charge is 0.292 e. The lowest BCUT2D eigenvalue weighted by Gasteiger charge is -2.28. The first-order valence-electron chi connectivity index (χ1n) is 11.5. The minimum atomic E-state index is -0.691. The lowest BCUT2D eigenvalue weighted by molar-refractivity contribution is -0.130. The maximum Gasteiger partial charge on any atom is 0.292 e. The van der Waals surface area contributed by atoms with E-state index in [4.69, 9.17) is 4.52 Å². The summed E-state index contributed by atoms with van der Waals surface area (Å²) in [6.45, 7) is 7.30. The van der Waals surface area contributed by atoms with Crippen molar-refractivity contribution in [1.82, 2.24) is 20.4 Å². The van der Waals surface area contributed by atoms with E-state index in [2.05, 4.69) is 27.6 Å². The van der Waals surface area contributed by atoms with Crippen molar-refractivity contribution < 1.29 is 14.1 Å². The molecule has 0 aliphatic carbocycles. The van der Waals surface area contributed by atoms with Gasteiger partial charge in [-0.1, -0.05) is 43.3 Å². The number of amides is 2. The molecule has 1 saturated heterocycles. The number of rotatable bonds is 7. The summed E-state index contributed by atoms with van der Waals surface area (Å²) in [5.74, 6) is 0.169. The van der Waals surface area contributed by atoms with Crippen LogP contribution in [0.1, 0.15) is 54.9 Å². The van der Waals surface area contributed by atoms with Crippen molar-refractivity contribution in [3.05, 3.63) is 71.9 Å². The van der Waals surface area contributed by atoms with Crippen molar-refractivity contribution in [1.29, 1.82) is 0 Å². The first kappa shape index (κ1) is 22.7. The summed E-state index contributed by atoms with van der Waals surface area (Å²) in [6.07, 6.45) is 4.68. The summed E-state index contributed by atoms with van der Waals surface area (Å²) in [5, 5.41) is 7.00. The van der Waals surface area contributed by atoms with Crippen molar-refractivity contribution in [2.45, 2.75) is 39.5 Å². The van der Waals surface area contributed by atoms with Gasteiger partial charge in [0.25, 0.3) is 5.91 Å². The summed E-state index contributed by atoms with van der Waals surface area (Å²) in [7, 11) is 0. The number of hydrogen-bond acceptors (Lipinski definition) is 5. The predicted octanol–water partition coefficient (Wildman–Crippen LogP) is 4.07. The topological polar surface area (TPSA) is 88.3 Å². The van der Waals surface area contributed by atoms with E-state index >= 15 is 0 Å². The van der Waals surface area contributed by atoms with Gasteiger partial charge < -0.3 is 14.7 Å². The molecule has 1 atom stereocenters. The Kier molecular flexibility index (Phi) is 6.58. The lowest BCUT2D eigenvalue weighted by Crippen LogP contribution is -2.45. The molecule has 0 unspecified atom stereocenters. The van der Waals surface area contributed by atoms with Gasteiger partial charge in [-0.05, 0) is 54.5 Å². The fourth-order valence-electron chi connectivity index (χ4n) is 4.42. The summed E-state index contributed by atoms with van der Waals surface area (Å²) in [5.41, 5.74) is 3.28. The normalized spacial score (nSPS) is 18.0. The quantitative estimate of drug-likeness (QED) is 0.591. The first-order chi connectivity index (χ1) is 15.9. The molecule has 1 aliphatic rings. The van der Waals surface area contributed by atoms with Crippen LogP contribution in [0.25, 0.3) is 11.1 Å². The van der Waals surface area contributed by atoms with Gasteiger partial charge in [0.2, 0.25) is 11.7 Å². The molecule has 0 spiro atoms. The molecule has 0 bridgehead atoms. The van der Waals surface area contributed by atoms with Crippen LogP contribution in [-0.2, 0) is 11.2 Å². The Hall–Kier alpha value is -3.48. The van der Waals surface area contributed by atoms with E-state index < -0.39 is 5.41 Å². The minimum absolute atomic E-state index is 0.0185. The number of nitrogens with zero attached hydrogens (tertiary/aromatic N) is 3. The second-order valence-electron chi connectivity index (χ2n) is 9.00. The zero-order valence-electron chi connectivity index (χ0n) is 19.4. The summed E-state index contributed by atoms with van der Waals surface area (Å²) < 4.78 is 5.31. The molecule has 3 heterocycles. The van der Waals surface area contributed by atoms with Crippen molar-refractivity contribution in [3.63, 3.8) is 0 Å². The van der Waals surface area contributed by atoms with Crippen LogP contribution >= 0.6 is 0 Å². The van der Waals surface area contributed by atoms with E-state index in [0.29, 0.717) is 32.5 Å². The minimum Gasteiger partial charge on any atom is -0.356 e. The van der Waals surface area contributed by atoms with Crippen LogP contribution in [0.15, 0.2) is 59.4 Å². The van der Waals surface area contributed by atoms with Gasteiger partial charge >= 0.3 is 0 Å². The van der Waals surface area contributed by atoms with Crippen LogP contribution in [0, 0.1) is 5.41 Å². The van der Waals surface area contributed by atoms with Gasteiger partial charge in [0, 0.05) is 38.1 Å². The van der Waals surface area contributed by atoms with Gasteiger partial charge in [0.05, 0.1) is 11.1 Å². The summed E-state index contributed by atoms with van der Waals surface area (Å²) in [6, 6.07) is 13.9. The highest BCUT2D eigenvalue weighted by Crippen LogP contribution is 2.36. The molecular formula is C26H30N4O3. The molecule has 7 nitrogen and oxygen atoms in total. The van der Waals surface area contributed by atoms with Crippen molar-refractivity contribution >= 4 is 11.8 Å². The Morgan fingerprint density at radius 3 is 2.64 bits per heavy atom. The van der Waals surface area contributed by atoms with E-state index in [1.807, 2.05) is 45.0 Å². The Labute approximate surface area is 194 Å². The molecule has 0 saturated carbocycles. The van der Waals surface area contributed by atoms with Gasteiger partial charge in [-0.2, -0.15) is 0 Å². The summed E-state index contributed by atoms with van der Waals surface area (Å²) >= 11 is 0. The number of pyridine rings is 1. The fourth-order valence-corrected chi connectivity index (χ4v) is 4.42. The van der Waals surface area contributed by atoms with Gasteiger partial charge in [-0.3, -0.25) is 14.6 Å². The van der Waals surface area contributed by atoms with Crippen LogP contribution in [0.3, 0.4) is 0 Å². The molecule has 172 valence electrons. The van der Waals surface area contributed by atoms with E-state index in [-0.39, 0.29) is 23.5 Å². The van der Waals surface area contributed by atoms with Gasteiger partial charge in [0.15, 0.2) is 0 Å². The number of carbonyl (C=O) groups is 2. The number of carbonyl (C=O) groups excluding carboxylic acids is 2. The highest BCUT2D eigenvalue weighted by atomic mass is 16.5. The fraction of sp³-hybridized carbons (Fsp3) is 0.385. The molecule has 1 aromatic carbocycles. The Morgan fingerprint density at radius 1 is 1.15 bits per heavy atom. The molecular weight excluding hydrogens is 416 g/mol.